The van der Waals surface area contributed by atoms with E-state index in [-0.39, 0.29) is 11.9 Å². The zero-order valence-corrected chi connectivity index (χ0v) is 17.1. The summed E-state index contributed by atoms with van der Waals surface area (Å²) in [7, 11) is 1.52. The lowest BCUT2D eigenvalue weighted by Gasteiger charge is -2.20. The second kappa shape index (κ2) is 9.93. The van der Waals surface area contributed by atoms with Gasteiger partial charge in [-0.2, -0.15) is 5.10 Å². The number of carbonyl (C=O) groups excluding carboxylic acids is 1. The van der Waals surface area contributed by atoms with Gasteiger partial charge in [-0.15, -0.1) is 0 Å². The van der Waals surface area contributed by atoms with Crippen molar-refractivity contribution < 1.29 is 14.3 Å². The predicted octanol–water partition coefficient (Wildman–Crippen LogP) is 3.90. The molecule has 3 aromatic rings. The van der Waals surface area contributed by atoms with Gasteiger partial charge < -0.3 is 14.8 Å². The molecule has 29 heavy (non-hydrogen) atoms. The lowest BCUT2D eigenvalue weighted by Crippen LogP contribution is -2.31. The van der Waals surface area contributed by atoms with Crippen LogP contribution in [0.5, 0.6) is 11.5 Å². The molecule has 3 rings (SSSR count). The van der Waals surface area contributed by atoms with Gasteiger partial charge in [0.2, 0.25) is 0 Å². The maximum Gasteiger partial charge on any atom is 0.252 e. The molecule has 0 saturated heterocycles. The first-order valence-corrected chi connectivity index (χ1v) is 9.68. The van der Waals surface area contributed by atoms with E-state index in [0.717, 1.165) is 12.0 Å². The number of nitrogens with zero attached hydrogens (tertiary/aromatic N) is 3. The molecule has 2 aromatic carbocycles. The molecule has 1 aromatic heterocycles. The second-order valence-corrected chi connectivity index (χ2v) is 6.80. The number of amides is 1. The van der Waals surface area contributed by atoms with E-state index < -0.39 is 0 Å². The van der Waals surface area contributed by atoms with Crippen molar-refractivity contribution in [2.45, 2.75) is 25.9 Å². The molecule has 7 nitrogen and oxygen atoms in total. The SMILES string of the molecule is CCCOc1c(Cl)cc(C(=O)NC(Cn2cncn2)c2ccccc2)cc1OC. The molecular weight excluding hydrogens is 392 g/mol. The van der Waals surface area contributed by atoms with Crippen LogP contribution in [0.4, 0.5) is 0 Å². The van der Waals surface area contributed by atoms with Crippen LogP contribution in [-0.2, 0) is 6.54 Å². The average Bonchev–Trinajstić information content (AvgIpc) is 3.25. The molecular formula is C21H23ClN4O3. The van der Waals surface area contributed by atoms with E-state index in [1.54, 1.807) is 23.1 Å². The molecule has 1 atom stereocenters. The minimum absolute atomic E-state index is 0.277. The number of methoxy groups -OCH3 is 1. The zero-order valence-electron chi connectivity index (χ0n) is 16.3. The lowest BCUT2D eigenvalue weighted by atomic mass is 10.1. The Balaban J connectivity index is 1.84. The van der Waals surface area contributed by atoms with E-state index in [0.29, 0.717) is 35.2 Å². The molecule has 1 N–H and O–H groups in total. The molecule has 0 spiro atoms. The van der Waals surface area contributed by atoms with Gasteiger partial charge in [0.15, 0.2) is 11.5 Å². The quantitative estimate of drug-likeness (QED) is 0.574. The van der Waals surface area contributed by atoms with Crippen molar-refractivity contribution in [3.8, 4) is 11.5 Å². The molecule has 1 heterocycles. The molecule has 0 aliphatic heterocycles. The number of ether oxygens (including phenoxy) is 2. The maximum absolute atomic E-state index is 13.0. The highest BCUT2D eigenvalue weighted by atomic mass is 35.5. The Kier molecular flexibility index (Phi) is 7.08. The van der Waals surface area contributed by atoms with E-state index >= 15 is 0 Å². The van der Waals surface area contributed by atoms with Crippen LogP contribution in [0.25, 0.3) is 0 Å². The molecule has 0 bridgehead atoms. The summed E-state index contributed by atoms with van der Waals surface area (Å²) in [5, 5.41) is 7.52. The summed E-state index contributed by atoms with van der Waals surface area (Å²) in [5.74, 6) is 0.583. The highest BCUT2D eigenvalue weighted by molar-refractivity contribution is 6.32. The number of rotatable bonds is 9. The lowest BCUT2D eigenvalue weighted by molar-refractivity contribution is 0.0931. The summed E-state index contributed by atoms with van der Waals surface area (Å²) in [6.45, 7) is 2.95. The number of hydrogen-bond acceptors (Lipinski definition) is 5. The fourth-order valence-corrected chi connectivity index (χ4v) is 3.14. The first-order chi connectivity index (χ1) is 14.1. The third kappa shape index (κ3) is 5.26. The third-order valence-electron chi connectivity index (χ3n) is 4.29. The Morgan fingerprint density at radius 3 is 2.72 bits per heavy atom. The van der Waals surface area contributed by atoms with Crippen LogP contribution in [0.2, 0.25) is 5.02 Å². The van der Waals surface area contributed by atoms with Crippen molar-refractivity contribution in [1.82, 2.24) is 20.1 Å². The summed E-state index contributed by atoms with van der Waals surface area (Å²) in [6.07, 6.45) is 3.91. The van der Waals surface area contributed by atoms with Crippen LogP contribution in [0, 0.1) is 0 Å². The van der Waals surface area contributed by atoms with E-state index in [1.807, 2.05) is 37.3 Å². The summed E-state index contributed by atoms with van der Waals surface area (Å²) >= 11 is 6.35. The number of benzene rings is 2. The topological polar surface area (TPSA) is 78.3 Å². The van der Waals surface area contributed by atoms with Crippen LogP contribution in [0.1, 0.15) is 35.3 Å². The largest absolute Gasteiger partial charge is 0.493 e. The maximum atomic E-state index is 13.0. The number of carbonyl (C=O) groups is 1. The summed E-state index contributed by atoms with van der Waals surface area (Å²) in [6, 6.07) is 12.6. The van der Waals surface area contributed by atoms with Gasteiger partial charge in [0.1, 0.15) is 12.7 Å². The van der Waals surface area contributed by atoms with Gasteiger partial charge in [-0.05, 0) is 24.1 Å². The second-order valence-electron chi connectivity index (χ2n) is 6.39. The van der Waals surface area contributed by atoms with E-state index in [2.05, 4.69) is 15.4 Å². The Morgan fingerprint density at radius 1 is 1.28 bits per heavy atom. The summed E-state index contributed by atoms with van der Waals surface area (Å²) in [5.41, 5.74) is 1.34. The molecule has 0 saturated carbocycles. The van der Waals surface area contributed by atoms with Crippen LogP contribution in [0.3, 0.4) is 0 Å². The molecule has 0 fully saturated rings. The monoisotopic (exact) mass is 414 g/mol. The smallest absolute Gasteiger partial charge is 0.252 e. The van der Waals surface area contributed by atoms with Crippen molar-refractivity contribution in [1.29, 1.82) is 0 Å². The van der Waals surface area contributed by atoms with Crippen LogP contribution >= 0.6 is 11.6 Å². The average molecular weight is 415 g/mol. The minimum Gasteiger partial charge on any atom is -0.493 e. The van der Waals surface area contributed by atoms with Crippen LogP contribution < -0.4 is 14.8 Å². The van der Waals surface area contributed by atoms with Gasteiger partial charge >= 0.3 is 0 Å². The standard InChI is InChI=1S/C21H23ClN4O3/c1-3-9-29-20-17(22)10-16(11-19(20)28-2)21(27)25-18(12-26-14-23-13-24-26)15-7-5-4-6-8-15/h4-8,10-11,13-14,18H,3,9,12H2,1-2H3,(H,25,27). The minimum atomic E-state index is -0.300. The van der Waals surface area contributed by atoms with E-state index in [9.17, 15) is 4.79 Å². The fourth-order valence-electron chi connectivity index (χ4n) is 2.87. The number of hydrogen-bond donors (Lipinski definition) is 1. The summed E-state index contributed by atoms with van der Waals surface area (Å²) < 4.78 is 12.7. The van der Waals surface area contributed by atoms with Crippen molar-refractivity contribution >= 4 is 17.5 Å². The Hall–Kier alpha value is -3.06. The van der Waals surface area contributed by atoms with Gasteiger partial charge in [-0.3, -0.25) is 9.48 Å². The van der Waals surface area contributed by atoms with Crippen molar-refractivity contribution in [3.63, 3.8) is 0 Å². The number of halogens is 1. The van der Waals surface area contributed by atoms with Gasteiger partial charge in [-0.25, -0.2) is 4.98 Å². The van der Waals surface area contributed by atoms with E-state index in [4.69, 9.17) is 21.1 Å². The fraction of sp³-hybridized carbons (Fsp3) is 0.286. The molecule has 1 amide bonds. The highest BCUT2D eigenvalue weighted by Gasteiger charge is 2.20. The molecule has 1 unspecified atom stereocenters. The number of aromatic nitrogens is 3. The van der Waals surface area contributed by atoms with Gasteiger partial charge in [0, 0.05) is 5.56 Å². The third-order valence-corrected chi connectivity index (χ3v) is 4.57. The molecule has 152 valence electrons. The normalized spacial score (nSPS) is 11.7. The number of nitrogens with one attached hydrogen (secondary N) is 1. The first kappa shape index (κ1) is 20.7. The predicted molar refractivity (Wildman–Crippen MR) is 110 cm³/mol. The Bertz CT molecular complexity index is 933. The van der Waals surface area contributed by atoms with Gasteiger partial charge in [-0.1, -0.05) is 48.9 Å². The highest BCUT2D eigenvalue weighted by Crippen LogP contribution is 2.36. The Labute approximate surface area is 174 Å². The first-order valence-electron chi connectivity index (χ1n) is 9.31. The zero-order chi connectivity index (χ0) is 20.6. The van der Waals surface area contributed by atoms with Crippen molar-refractivity contribution in [2.75, 3.05) is 13.7 Å². The summed E-state index contributed by atoms with van der Waals surface area (Å²) in [4.78, 5) is 17.0. The van der Waals surface area contributed by atoms with Crippen molar-refractivity contribution in [3.05, 3.63) is 71.3 Å². The Morgan fingerprint density at radius 2 is 2.07 bits per heavy atom. The molecule has 0 aliphatic carbocycles. The van der Waals surface area contributed by atoms with Gasteiger partial charge in [0.25, 0.3) is 5.91 Å². The van der Waals surface area contributed by atoms with Gasteiger partial charge in [0.05, 0.1) is 31.3 Å². The molecule has 0 aliphatic rings. The molecule has 0 radical (unpaired) electrons. The van der Waals surface area contributed by atoms with Crippen molar-refractivity contribution in [2.24, 2.45) is 0 Å². The van der Waals surface area contributed by atoms with Crippen LogP contribution in [-0.4, -0.2) is 34.4 Å². The van der Waals surface area contributed by atoms with Crippen LogP contribution in [0.15, 0.2) is 55.1 Å². The van der Waals surface area contributed by atoms with E-state index in [1.165, 1.54) is 13.4 Å². The molecule has 8 heteroatoms.